The lowest BCUT2D eigenvalue weighted by Gasteiger charge is -2.15. The van der Waals surface area contributed by atoms with Crippen LogP contribution in [0.4, 0.5) is 0 Å². The zero-order valence-electron chi connectivity index (χ0n) is 9.87. The fourth-order valence-corrected chi connectivity index (χ4v) is 1.96. The van der Waals surface area contributed by atoms with Crippen LogP contribution < -0.4 is 10.6 Å². The Balaban J connectivity index is 0.00000225. The van der Waals surface area contributed by atoms with E-state index in [1.807, 2.05) is 6.92 Å². The number of aliphatic hydroxyl groups excluding tert-OH is 1. The molecule has 0 radical (unpaired) electrons. The Morgan fingerprint density at radius 3 is 2.94 bits per heavy atom. The molecule has 5 heteroatoms. The summed E-state index contributed by atoms with van der Waals surface area (Å²) in [5.74, 6) is 0.125. The van der Waals surface area contributed by atoms with Gasteiger partial charge in [-0.2, -0.15) is 0 Å². The summed E-state index contributed by atoms with van der Waals surface area (Å²) >= 11 is 0. The monoisotopic (exact) mass is 250 g/mol. The summed E-state index contributed by atoms with van der Waals surface area (Å²) in [4.78, 5) is 11.6. The first-order valence-electron chi connectivity index (χ1n) is 5.86. The smallest absolute Gasteiger partial charge is 0.221 e. The first-order valence-corrected chi connectivity index (χ1v) is 5.86. The molecule has 16 heavy (non-hydrogen) atoms. The van der Waals surface area contributed by atoms with Crippen molar-refractivity contribution < 1.29 is 9.90 Å². The van der Waals surface area contributed by atoms with Crippen molar-refractivity contribution in [3.63, 3.8) is 0 Å². The summed E-state index contributed by atoms with van der Waals surface area (Å²) in [6.07, 6.45) is 4.48. The molecule has 1 amide bonds. The van der Waals surface area contributed by atoms with Gasteiger partial charge in [0.1, 0.15) is 0 Å². The quantitative estimate of drug-likeness (QED) is 0.654. The molecule has 0 bridgehead atoms. The fourth-order valence-electron chi connectivity index (χ4n) is 1.96. The Morgan fingerprint density at radius 1 is 1.62 bits per heavy atom. The number of rotatable bonds is 6. The Bertz CT molecular complexity index is 196. The summed E-state index contributed by atoms with van der Waals surface area (Å²) in [5.41, 5.74) is 0. The molecule has 3 N–H and O–H groups in total. The van der Waals surface area contributed by atoms with E-state index in [0.717, 1.165) is 25.8 Å². The SMILES string of the molecule is CC(CCCO)NC(=O)CC1CCCN1.Cl. The summed E-state index contributed by atoms with van der Waals surface area (Å²) in [6, 6.07) is 0.543. The second-order valence-electron chi connectivity index (χ2n) is 4.33. The zero-order chi connectivity index (χ0) is 11.1. The van der Waals surface area contributed by atoms with Gasteiger partial charge in [0.05, 0.1) is 0 Å². The summed E-state index contributed by atoms with van der Waals surface area (Å²) in [7, 11) is 0. The van der Waals surface area contributed by atoms with Crippen molar-refractivity contribution in [2.45, 2.75) is 51.1 Å². The Morgan fingerprint density at radius 2 is 2.38 bits per heavy atom. The van der Waals surface area contributed by atoms with Crippen molar-refractivity contribution in [2.75, 3.05) is 13.2 Å². The van der Waals surface area contributed by atoms with Gasteiger partial charge in [0.2, 0.25) is 5.91 Å². The maximum absolute atomic E-state index is 11.6. The number of nitrogens with one attached hydrogen (secondary N) is 2. The van der Waals surface area contributed by atoms with Crippen LogP contribution in [0.25, 0.3) is 0 Å². The molecule has 2 atom stereocenters. The average molecular weight is 251 g/mol. The number of hydrogen-bond acceptors (Lipinski definition) is 3. The lowest BCUT2D eigenvalue weighted by Crippen LogP contribution is -2.36. The molecule has 1 saturated heterocycles. The van der Waals surface area contributed by atoms with Crippen molar-refractivity contribution in [3.8, 4) is 0 Å². The van der Waals surface area contributed by atoms with Crippen LogP contribution in [-0.2, 0) is 4.79 Å². The number of hydrogen-bond donors (Lipinski definition) is 3. The lowest BCUT2D eigenvalue weighted by molar-refractivity contribution is -0.122. The van der Waals surface area contributed by atoms with Crippen LogP contribution in [0.2, 0.25) is 0 Å². The molecule has 0 aliphatic carbocycles. The molecule has 96 valence electrons. The predicted molar refractivity (Wildman–Crippen MR) is 66.8 cm³/mol. The second-order valence-corrected chi connectivity index (χ2v) is 4.33. The van der Waals surface area contributed by atoms with Gasteiger partial charge >= 0.3 is 0 Å². The molecular weight excluding hydrogens is 228 g/mol. The number of aliphatic hydroxyl groups is 1. The van der Waals surface area contributed by atoms with Crippen molar-refractivity contribution in [2.24, 2.45) is 0 Å². The first-order chi connectivity index (χ1) is 7.22. The molecule has 1 aliphatic rings. The third-order valence-electron chi connectivity index (χ3n) is 2.80. The highest BCUT2D eigenvalue weighted by Crippen LogP contribution is 2.08. The van der Waals surface area contributed by atoms with Crippen molar-refractivity contribution in [1.29, 1.82) is 0 Å². The van der Waals surface area contributed by atoms with Gasteiger partial charge in [-0.1, -0.05) is 0 Å². The normalized spacial score (nSPS) is 21.2. The molecule has 0 saturated carbocycles. The van der Waals surface area contributed by atoms with Gasteiger partial charge in [-0.25, -0.2) is 0 Å². The van der Waals surface area contributed by atoms with E-state index in [1.165, 1.54) is 6.42 Å². The molecule has 0 aromatic carbocycles. The topological polar surface area (TPSA) is 61.4 Å². The minimum absolute atomic E-state index is 0. The van der Waals surface area contributed by atoms with E-state index >= 15 is 0 Å². The van der Waals surface area contributed by atoms with E-state index in [0.29, 0.717) is 12.5 Å². The molecule has 4 nitrogen and oxygen atoms in total. The van der Waals surface area contributed by atoms with Crippen LogP contribution in [0, 0.1) is 0 Å². The average Bonchev–Trinajstić information content (AvgIpc) is 2.67. The molecule has 1 aliphatic heterocycles. The predicted octanol–water partition coefficient (Wildman–Crippen LogP) is 0.827. The largest absolute Gasteiger partial charge is 0.396 e. The van der Waals surface area contributed by atoms with Crippen molar-refractivity contribution in [1.82, 2.24) is 10.6 Å². The molecule has 2 unspecified atom stereocenters. The van der Waals surface area contributed by atoms with Crippen LogP contribution in [0.15, 0.2) is 0 Å². The molecular formula is C11H23ClN2O2. The van der Waals surface area contributed by atoms with Crippen LogP contribution in [0.5, 0.6) is 0 Å². The Labute approximate surface area is 104 Å². The van der Waals surface area contributed by atoms with Gasteiger partial charge in [0.15, 0.2) is 0 Å². The molecule has 0 aromatic heterocycles. The molecule has 0 spiro atoms. The third-order valence-corrected chi connectivity index (χ3v) is 2.80. The van der Waals surface area contributed by atoms with Gasteiger partial charge in [-0.15, -0.1) is 12.4 Å². The standard InChI is InChI=1S/C11H22N2O2.ClH/c1-9(4-3-7-14)13-11(15)8-10-5-2-6-12-10;/h9-10,12,14H,2-8H2,1H3,(H,13,15);1H. The number of carbonyl (C=O) groups excluding carboxylic acids is 1. The highest BCUT2D eigenvalue weighted by molar-refractivity contribution is 5.85. The van der Waals surface area contributed by atoms with Gasteiger partial charge in [-0.3, -0.25) is 4.79 Å². The molecule has 1 rings (SSSR count). The van der Waals surface area contributed by atoms with E-state index in [4.69, 9.17) is 5.11 Å². The number of halogens is 1. The summed E-state index contributed by atoms with van der Waals surface area (Å²) < 4.78 is 0. The number of amides is 1. The van der Waals surface area contributed by atoms with E-state index in [1.54, 1.807) is 0 Å². The highest BCUT2D eigenvalue weighted by Gasteiger charge is 2.18. The second kappa shape index (κ2) is 8.79. The first kappa shape index (κ1) is 15.7. The summed E-state index contributed by atoms with van der Waals surface area (Å²) in [6.45, 7) is 3.22. The van der Waals surface area contributed by atoms with Crippen molar-refractivity contribution >= 4 is 18.3 Å². The van der Waals surface area contributed by atoms with Gasteiger partial charge < -0.3 is 15.7 Å². The van der Waals surface area contributed by atoms with Gasteiger partial charge in [0.25, 0.3) is 0 Å². The molecule has 1 fully saturated rings. The van der Waals surface area contributed by atoms with Crippen LogP contribution in [0.3, 0.4) is 0 Å². The van der Waals surface area contributed by atoms with E-state index in [2.05, 4.69) is 10.6 Å². The van der Waals surface area contributed by atoms with E-state index in [-0.39, 0.29) is 31.0 Å². The van der Waals surface area contributed by atoms with Gasteiger partial charge in [0, 0.05) is 25.1 Å². The third kappa shape index (κ3) is 6.30. The molecule has 0 aromatic rings. The van der Waals surface area contributed by atoms with Crippen LogP contribution >= 0.6 is 12.4 Å². The van der Waals surface area contributed by atoms with Gasteiger partial charge in [-0.05, 0) is 39.2 Å². The minimum Gasteiger partial charge on any atom is -0.396 e. The maximum atomic E-state index is 11.6. The van der Waals surface area contributed by atoms with E-state index < -0.39 is 0 Å². The lowest BCUT2D eigenvalue weighted by atomic mass is 10.1. The van der Waals surface area contributed by atoms with Crippen LogP contribution in [-0.4, -0.2) is 36.2 Å². The van der Waals surface area contributed by atoms with Crippen LogP contribution in [0.1, 0.15) is 39.0 Å². The fraction of sp³-hybridized carbons (Fsp3) is 0.909. The summed E-state index contributed by atoms with van der Waals surface area (Å²) in [5, 5.41) is 14.9. The minimum atomic E-state index is 0. The Hall–Kier alpha value is -0.320. The highest BCUT2D eigenvalue weighted by atomic mass is 35.5. The maximum Gasteiger partial charge on any atom is 0.221 e. The molecule has 1 heterocycles. The van der Waals surface area contributed by atoms with E-state index in [9.17, 15) is 4.79 Å². The zero-order valence-corrected chi connectivity index (χ0v) is 10.7. The van der Waals surface area contributed by atoms with Crippen molar-refractivity contribution in [3.05, 3.63) is 0 Å². The Kier molecular flexibility index (Phi) is 8.61. The number of carbonyl (C=O) groups is 1.